The van der Waals surface area contributed by atoms with Gasteiger partial charge in [-0.25, -0.2) is 0 Å². The molecule has 2 heteroatoms. The Labute approximate surface area is 128 Å². The van der Waals surface area contributed by atoms with Crippen LogP contribution in [0.5, 0.6) is 0 Å². The Kier molecular flexibility index (Phi) is 2.96. The summed E-state index contributed by atoms with van der Waals surface area (Å²) in [6.45, 7) is 4.64. The van der Waals surface area contributed by atoms with Gasteiger partial charge in [-0.2, -0.15) is 0 Å². The molecule has 0 bridgehead atoms. The summed E-state index contributed by atoms with van der Waals surface area (Å²) in [5, 5.41) is 10.2. The molecule has 0 saturated heterocycles. The van der Waals surface area contributed by atoms with Crippen LogP contribution in [0.1, 0.15) is 65.2 Å². The first-order valence-electron chi connectivity index (χ1n) is 8.86. The van der Waals surface area contributed by atoms with Crippen molar-refractivity contribution in [1.29, 1.82) is 0 Å². The van der Waals surface area contributed by atoms with Gasteiger partial charge in [0, 0.05) is 11.8 Å². The fourth-order valence-electron chi connectivity index (χ4n) is 6.57. The number of aliphatic hydroxyl groups is 1. The standard InChI is InChI=1S/C19H28O2/c1-18-10-9-16-14(15(18)7-8-17(18)21)6-4-12-3-5-13(20)11-19(12,16)2/h3,13-16,20H,4-11H2,1-2H3/t13?,14-,15-,16+,18-,19-/m0/s1. The number of hydrogen-bond donors (Lipinski definition) is 1. The van der Waals surface area contributed by atoms with E-state index in [4.69, 9.17) is 0 Å². The van der Waals surface area contributed by atoms with Crippen LogP contribution in [-0.2, 0) is 4.79 Å². The van der Waals surface area contributed by atoms with E-state index in [0.29, 0.717) is 23.5 Å². The summed E-state index contributed by atoms with van der Waals surface area (Å²) in [7, 11) is 0. The maximum Gasteiger partial charge on any atom is 0.139 e. The number of aliphatic hydroxyl groups excluding tert-OH is 1. The minimum atomic E-state index is -0.156. The number of ketones is 1. The van der Waals surface area contributed by atoms with Gasteiger partial charge < -0.3 is 5.11 Å². The molecule has 6 atom stereocenters. The molecule has 0 radical (unpaired) electrons. The highest BCUT2D eigenvalue weighted by Gasteiger charge is 2.58. The van der Waals surface area contributed by atoms with Crippen LogP contribution in [0.2, 0.25) is 0 Å². The second kappa shape index (κ2) is 4.44. The third kappa shape index (κ3) is 1.78. The van der Waals surface area contributed by atoms with E-state index < -0.39 is 0 Å². The number of hydrogen-bond acceptors (Lipinski definition) is 2. The molecule has 4 rings (SSSR count). The summed E-state index contributed by atoms with van der Waals surface area (Å²) < 4.78 is 0. The number of carbonyl (C=O) groups excluding carboxylic acids is 1. The van der Waals surface area contributed by atoms with E-state index in [-0.39, 0.29) is 16.9 Å². The second-order valence-corrected chi connectivity index (χ2v) is 8.57. The van der Waals surface area contributed by atoms with Gasteiger partial charge in [-0.05, 0) is 68.1 Å². The minimum absolute atomic E-state index is 0.0218. The van der Waals surface area contributed by atoms with Gasteiger partial charge in [0.05, 0.1) is 6.10 Å². The SMILES string of the molecule is C[C@]12CC(O)CC=C1CC[C@@H]1[C@H]2CC[C@]2(C)C(=O)CC[C@@H]12. The monoisotopic (exact) mass is 288 g/mol. The van der Waals surface area contributed by atoms with Gasteiger partial charge in [-0.1, -0.05) is 25.5 Å². The first kappa shape index (κ1) is 14.0. The Morgan fingerprint density at radius 1 is 1.10 bits per heavy atom. The van der Waals surface area contributed by atoms with E-state index in [2.05, 4.69) is 19.9 Å². The van der Waals surface area contributed by atoms with Gasteiger partial charge in [-0.3, -0.25) is 4.79 Å². The van der Waals surface area contributed by atoms with E-state index in [1.165, 1.54) is 19.3 Å². The zero-order valence-electron chi connectivity index (χ0n) is 13.4. The third-order valence-electron chi connectivity index (χ3n) is 7.74. The van der Waals surface area contributed by atoms with Gasteiger partial charge in [0.25, 0.3) is 0 Å². The Morgan fingerprint density at radius 3 is 2.67 bits per heavy atom. The smallest absolute Gasteiger partial charge is 0.139 e. The van der Waals surface area contributed by atoms with Crippen LogP contribution in [0.4, 0.5) is 0 Å². The van der Waals surface area contributed by atoms with Crippen molar-refractivity contribution in [3.8, 4) is 0 Å². The summed E-state index contributed by atoms with van der Waals surface area (Å²) >= 11 is 0. The zero-order chi connectivity index (χ0) is 14.8. The molecule has 0 aromatic rings. The molecule has 0 spiro atoms. The fraction of sp³-hybridized carbons (Fsp3) is 0.842. The van der Waals surface area contributed by atoms with E-state index >= 15 is 0 Å². The Hall–Kier alpha value is -0.630. The molecule has 0 heterocycles. The van der Waals surface area contributed by atoms with Crippen molar-refractivity contribution in [2.24, 2.45) is 28.6 Å². The highest BCUT2D eigenvalue weighted by atomic mass is 16.3. The topological polar surface area (TPSA) is 37.3 Å². The lowest BCUT2D eigenvalue weighted by molar-refractivity contribution is -0.132. The number of carbonyl (C=O) groups is 1. The number of allylic oxidation sites excluding steroid dienone is 1. The summed E-state index contributed by atoms with van der Waals surface area (Å²) in [4.78, 5) is 12.4. The van der Waals surface area contributed by atoms with Crippen molar-refractivity contribution in [2.45, 2.75) is 71.3 Å². The molecular formula is C19H28O2. The molecule has 0 aromatic carbocycles. The fourth-order valence-corrected chi connectivity index (χ4v) is 6.57. The van der Waals surface area contributed by atoms with Crippen molar-refractivity contribution in [1.82, 2.24) is 0 Å². The third-order valence-corrected chi connectivity index (χ3v) is 7.74. The molecule has 116 valence electrons. The van der Waals surface area contributed by atoms with Gasteiger partial charge >= 0.3 is 0 Å². The number of rotatable bonds is 0. The Bertz CT molecular complexity index is 508. The summed E-state index contributed by atoms with van der Waals surface area (Å²) in [6, 6.07) is 0. The molecular weight excluding hydrogens is 260 g/mol. The zero-order valence-corrected chi connectivity index (χ0v) is 13.4. The van der Waals surface area contributed by atoms with Crippen LogP contribution >= 0.6 is 0 Å². The maximum atomic E-state index is 12.4. The van der Waals surface area contributed by atoms with Crippen molar-refractivity contribution in [3.63, 3.8) is 0 Å². The summed E-state index contributed by atoms with van der Waals surface area (Å²) in [5.74, 6) is 2.54. The molecule has 4 aliphatic carbocycles. The van der Waals surface area contributed by atoms with Crippen molar-refractivity contribution >= 4 is 5.78 Å². The average Bonchev–Trinajstić information content (AvgIpc) is 2.74. The van der Waals surface area contributed by atoms with Gasteiger partial charge in [0.2, 0.25) is 0 Å². The van der Waals surface area contributed by atoms with Gasteiger partial charge in [0.15, 0.2) is 0 Å². The molecule has 1 N–H and O–H groups in total. The van der Waals surface area contributed by atoms with E-state index in [1.807, 2.05) is 0 Å². The second-order valence-electron chi connectivity index (χ2n) is 8.57. The first-order valence-corrected chi connectivity index (χ1v) is 8.86. The van der Waals surface area contributed by atoms with Crippen molar-refractivity contribution in [2.75, 3.05) is 0 Å². The lowest BCUT2D eigenvalue weighted by Gasteiger charge is -2.57. The van der Waals surface area contributed by atoms with Crippen LogP contribution in [0.3, 0.4) is 0 Å². The normalized spacial score (nSPS) is 52.7. The molecule has 3 fully saturated rings. The molecule has 0 amide bonds. The number of fused-ring (bicyclic) bond motifs is 5. The van der Waals surface area contributed by atoms with E-state index in [1.54, 1.807) is 5.57 Å². The highest BCUT2D eigenvalue weighted by Crippen LogP contribution is 2.64. The van der Waals surface area contributed by atoms with Crippen LogP contribution in [0, 0.1) is 28.6 Å². The molecule has 0 aromatic heterocycles. The average molecular weight is 288 g/mol. The largest absolute Gasteiger partial charge is 0.393 e. The molecule has 4 aliphatic rings. The minimum Gasteiger partial charge on any atom is -0.393 e. The van der Waals surface area contributed by atoms with E-state index in [0.717, 1.165) is 32.1 Å². The first-order chi connectivity index (χ1) is 9.95. The molecule has 1 unspecified atom stereocenters. The predicted molar refractivity (Wildman–Crippen MR) is 82.7 cm³/mol. The Balaban J connectivity index is 1.70. The lowest BCUT2D eigenvalue weighted by atomic mass is 9.47. The maximum absolute atomic E-state index is 12.4. The van der Waals surface area contributed by atoms with Crippen molar-refractivity contribution in [3.05, 3.63) is 11.6 Å². The van der Waals surface area contributed by atoms with Crippen LogP contribution in [0.15, 0.2) is 11.6 Å². The van der Waals surface area contributed by atoms with E-state index in [9.17, 15) is 9.90 Å². The molecule has 21 heavy (non-hydrogen) atoms. The summed E-state index contributed by atoms with van der Waals surface area (Å²) in [6.07, 6.45) is 10.6. The van der Waals surface area contributed by atoms with Crippen LogP contribution < -0.4 is 0 Å². The summed E-state index contributed by atoms with van der Waals surface area (Å²) in [5.41, 5.74) is 1.79. The molecule has 3 saturated carbocycles. The van der Waals surface area contributed by atoms with Crippen molar-refractivity contribution < 1.29 is 9.90 Å². The van der Waals surface area contributed by atoms with Gasteiger partial charge in [-0.15, -0.1) is 0 Å². The Morgan fingerprint density at radius 2 is 1.86 bits per heavy atom. The quantitative estimate of drug-likeness (QED) is 0.687. The predicted octanol–water partition coefficient (Wildman–Crippen LogP) is 3.88. The van der Waals surface area contributed by atoms with Crippen LogP contribution in [0.25, 0.3) is 0 Å². The van der Waals surface area contributed by atoms with Crippen LogP contribution in [-0.4, -0.2) is 17.0 Å². The molecule has 2 nitrogen and oxygen atoms in total. The highest BCUT2D eigenvalue weighted by molar-refractivity contribution is 5.87. The lowest BCUT2D eigenvalue weighted by Crippen LogP contribution is -2.51. The number of Topliss-reactive ketones (excluding diaryl/α,β-unsaturated/α-hetero) is 1. The molecule has 0 aliphatic heterocycles. The van der Waals surface area contributed by atoms with Gasteiger partial charge in [0.1, 0.15) is 5.78 Å².